The highest BCUT2D eigenvalue weighted by molar-refractivity contribution is 7.12. The van der Waals surface area contributed by atoms with E-state index in [0.717, 1.165) is 6.42 Å². The molecular formula is C26H29N3O5S. The van der Waals surface area contributed by atoms with Crippen LogP contribution in [0.3, 0.4) is 0 Å². The number of hydrogen-bond donors (Lipinski definition) is 1. The molecule has 1 atom stereocenters. The molecule has 1 aliphatic rings. The maximum absolute atomic E-state index is 13.4. The Hall–Kier alpha value is -3.59. The summed E-state index contributed by atoms with van der Waals surface area (Å²) in [6.45, 7) is 5.90. The Kier molecular flexibility index (Phi) is 7.87. The quantitative estimate of drug-likeness (QED) is 0.363. The van der Waals surface area contributed by atoms with E-state index >= 15 is 0 Å². The average molecular weight is 496 g/mol. The van der Waals surface area contributed by atoms with Crippen LogP contribution in [0.5, 0.6) is 11.5 Å². The number of ether oxygens (including phenoxy) is 2. The number of aromatic nitrogens is 2. The van der Waals surface area contributed by atoms with Crippen LogP contribution < -0.4 is 9.47 Å². The molecule has 0 radical (unpaired) electrons. The summed E-state index contributed by atoms with van der Waals surface area (Å²) < 4.78 is 13.6. The molecule has 1 amide bonds. The van der Waals surface area contributed by atoms with Gasteiger partial charge in [0.05, 0.1) is 36.0 Å². The molecule has 184 valence electrons. The molecule has 1 aromatic carbocycles. The van der Waals surface area contributed by atoms with E-state index in [0.29, 0.717) is 54.7 Å². The van der Waals surface area contributed by atoms with E-state index in [4.69, 9.17) is 9.47 Å². The lowest BCUT2D eigenvalue weighted by atomic mass is 9.95. The third-order valence-corrected chi connectivity index (χ3v) is 6.58. The summed E-state index contributed by atoms with van der Waals surface area (Å²) in [6.07, 6.45) is 6.75. The summed E-state index contributed by atoms with van der Waals surface area (Å²) in [7, 11) is 0. The van der Waals surface area contributed by atoms with Gasteiger partial charge in [0.1, 0.15) is 0 Å². The number of hydrogen-bond acceptors (Lipinski definition) is 7. The Morgan fingerprint density at radius 2 is 2.03 bits per heavy atom. The Balaban J connectivity index is 1.70. The number of aryl methyl sites for hydroxylation is 1. The normalized spacial score (nSPS) is 15.7. The third-order valence-electron chi connectivity index (χ3n) is 5.71. The van der Waals surface area contributed by atoms with Gasteiger partial charge < -0.3 is 24.0 Å². The highest BCUT2D eigenvalue weighted by Gasteiger charge is 2.44. The molecule has 35 heavy (non-hydrogen) atoms. The molecule has 2 aromatic heterocycles. The number of carbonyl (C=O) groups excluding carboxylic acids is 2. The van der Waals surface area contributed by atoms with Crippen molar-refractivity contribution in [3.8, 4) is 11.5 Å². The molecule has 0 saturated heterocycles. The number of amides is 1. The molecule has 0 spiro atoms. The van der Waals surface area contributed by atoms with Gasteiger partial charge in [-0.15, -0.1) is 11.3 Å². The summed E-state index contributed by atoms with van der Waals surface area (Å²) in [4.78, 5) is 32.7. The maximum atomic E-state index is 13.4. The first-order valence-electron chi connectivity index (χ1n) is 11.7. The van der Waals surface area contributed by atoms with Crippen molar-refractivity contribution in [3.05, 3.63) is 76.2 Å². The fourth-order valence-corrected chi connectivity index (χ4v) is 4.82. The van der Waals surface area contributed by atoms with Crippen LogP contribution in [0.25, 0.3) is 0 Å². The number of aliphatic hydroxyl groups excluding tert-OH is 1. The first kappa shape index (κ1) is 24.5. The van der Waals surface area contributed by atoms with Gasteiger partial charge in [0.25, 0.3) is 5.91 Å². The van der Waals surface area contributed by atoms with Gasteiger partial charge in [-0.25, -0.2) is 4.98 Å². The minimum absolute atomic E-state index is 0.0877. The molecule has 0 bridgehead atoms. The molecule has 3 aromatic rings. The van der Waals surface area contributed by atoms with Crippen LogP contribution in [-0.2, 0) is 11.3 Å². The number of imidazole rings is 1. The van der Waals surface area contributed by atoms with Crippen molar-refractivity contribution in [2.24, 2.45) is 0 Å². The summed E-state index contributed by atoms with van der Waals surface area (Å²) in [5.41, 5.74) is 0.766. The summed E-state index contributed by atoms with van der Waals surface area (Å²) in [6, 6.07) is 8.16. The number of Topliss-reactive ketones (excluding diaryl/α,β-unsaturated/α-hetero) is 1. The molecule has 8 nitrogen and oxygen atoms in total. The van der Waals surface area contributed by atoms with E-state index in [1.54, 1.807) is 47.1 Å². The molecule has 1 aliphatic heterocycles. The molecule has 3 heterocycles. The van der Waals surface area contributed by atoms with E-state index in [-0.39, 0.29) is 11.4 Å². The van der Waals surface area contributed by atoms with Gasteiger partial charge in [-0.2, -0.15) is 0 Å². The highest BCUT2D eigenvalue weighted by atomic mass is 32.1. The first-order chi connectivity index (χ1) is 17.0. The van der Waals surface area contributed by atoms with Gasteiger partial charge in [-0.05, 0) is 48.9 Å². The number of nitrogens with zero attached hydrogens (tertiary/aromatic N) is 3. The summed E-state index contributed by atoms with van der Waals surface area (Å²) in [5.74, 6) is -0.256. The summed E-state index contributed by atoms with van der Waals surface area (Å²) >= 11 is 1.28. The van der Waals surface area contributed by atoms with Gasteiger partial charge in [-0.1, -0.05) is 19.1 Å². The van der Waals surface area contributed by atoms with E-state index in [1.165, 1.54) is 11.3 Å². The molecule has 4 rings (SSSR count). The fourth-order valence-electron chi connectivity index (χ4n) is 4.14. The maximum Gasteiger partial charge on any atom is 0.290 e. The van der Waals surface area contributed by atoms with Crippen molar-refractivity contribution >= 4 is 23.0 Å². The predicted molar refractivity (Wildman–Crippen MR) is 133 cm³/mol. The molecule has 0 saturated carbocycles. The number of rotatable bonds is 12. The van der Waals surface area contributed by atoms with Crippen LogP contribution in [0.4, 0.5) is 0 Å². The van der Waals surface area contributed by atoms with E-state index < -0.39 is 17.7 Å². The molecule has 9 heteroatoms. The van der Waals surface area contributed by atoms with Crippen LogP contribution in [0.2, 0.25) is 0 Å². The smallest absolute Gasteiger partial charge is 0.290 e. The number of ketones is 1. The summed E-state index contributed by atoms with van der Waals surface area (Å²) in [5, 5.41) is 12.7. The lowest BCUT2D eigenvalue weighted by molar-refractivity contribution is -0.129. The second-order valence-electron chi connectivity index (χ2n) is 8.11. The van der Waals surface area contributed by atoms with Crippen molar-refractivity contribution in [1.82, 2.24) is 14.5 Å². The largest absolute Gasteiger partial charge is 0.503 e. The van der Waals surface area contributed by atoms with E-state index in [1.807, 2.05) is 30.7 Å². The van der Waals surface area contributed by atoms with Crippen LogP contribution in [0, 0.1) is 0 Å². The lowest BCUT2D eigenvalue weighted by Crippen LogP contribution is -2.32. The zero-order valence-electron chi connectivity index (χ0n) is 19.8. The van der Waals surface area contributed by atoms with Gasteiger partial charge in [0.2, 0.25) is 5.78 Å². The minimum atomic E-state index is -0.737. The number of thiophene rings is 1. The van der Waals surface area contributed by atoms with Gasteiger partial charge in [0, 0.05) is 25.5 Å². The molecular weight excluding hydrogens is 466 g/mol. The van der Waals surface area contributed by atoms with Crippen LogP contribution in [0.15, 0.2) is 65.8 Å². The van der Waals surface area contributed by atoms with Crippen molar-refractivity contribution in [1.29, 1.82) is 0 Å². The number of carbonyl (C=O) groups is 2. The van der Waals surface area contributed by atoms with Crippen LogP contribution >= 0.6 is 11.3 Å². The Labute approximate surface area is 208 Å². The lowest BCUT2D eigenvalue weighted by Gasteiger charge is -2.27. The predicted octanol–water partition coefficient (Wildman–Crippen LogP) is 4.80. The number of aliphatic hydroxyl groups is 1. The Bertz CT molecular complexity index is 1190. The van der Waals surface area contributed by atoms with Gasteiger partial charge in [-0.3, -0.25) is 9.59 Å². The zero-order chi connectivity index (χ0) is 24.8. The monoisotopic (exact) mass is 495 g/mol. The van der Waals surface area contributed by atoms with Crippen molar-refractivity contribution in [2.75, 3.05) is 19.8 Å². The molecule has 1 unspecified atom stereocenters. The Morgan fingerprint density at radius 1 is 1.17 bits per heavy atom. The number of benzene rings is 1. The average Bonchev–Trinajstić information content (AvgIpc) is 3.62. The van der Waals surface area contributed by atoms with Crippen LogP contribution in [-0.4, -0.2) is 51.0 Å². The van der Waals surface area contributed by atoms with Gasteiger partial charge in [0.15, 0.2) is 17.3 Å². The first-order valence-corrected chi connectivity index (χ1v) is 12.6. The Morgan fingerprint density at radius 3 is 2.71 bits per heavy atom. The zero-order valence-corrected chi connectivity index (χ0v) is 20.7. The third kappa shape index (κ3) is 5.24. The standard InChI is InChI=1S/C26H29N3O5S/c1-3-14-34-19-9-8-18(16-20(19)33-4-2)23-22(24(30)21-7-5-15-35-21)25(31)26(32)29(23)12-6-11-28-13-10-27-17-28/h5,7-10,13,15-17,23,31H,3-4,6,11-12,14H2,1-2H3. The topological polar surface area (TPSA) is 93.9 Å². The molecule has 1 N–H and O–H groups in total. The van der Waals surface area contributed by atoms with Gasteiger partial charge >= 0.3 is 0 Å². The SMILES string of the molecule is CCCOc1ccc(C2C(C(=O)c3cccs3)=C(O)C(=O)N2CCCn2ccnc2)cc1OCC. The van der Waals surface area contributed by atoms with E-state index in [2.05, 4.69) is 4.98 Å². The highest BCUT2D eigenvalue weighted by Crippen LogP contribution is 2.42. The molecule has 0 aliphatic carbocycles. The van der Waals surface area contributed by atoms with E-state index in [9.17, 15) is 14.7 Å². The molecule has 0 fully saturated rings. The van der Waals surface area contributed by atoms with Crippen molar-refractivity contribution < 1.29 is 24.2 Å². The minimum Gasteiger partial charge on any atom is -0.503 e. The van der Waals surface area contributed by atoms with Crippen molar-refractivity contribution in [2.45, 2.75) is 39.3 Å². The second-order valence-corrected chi connectivity index (χ2v) is 9.06. The van der Waals surface area contributed by atoms with Crippen molar-refractivity contribution in [3.63, 3.8) is 0 Å². The fraction of sp³-hybridized carbons (Fsp3) is 0.346. The second kappa shape index (κ2) is 11.2. The van der Waals surface area contributed by atoms with Crippen LogP contribution in [0.1, 0.15) is 48.0 Å².